The van der Waals surface area contributed by atoms with E-state index in [-0.39, 0.29) is 23.7 Å². The fraction of sp³-hybridized carbons (Fsp3) is 0.500. The van der Waals surface area contributed by atoms with Crippen LogP contribution in [0.1, 0.15) is 68.3 Å². The van der Waals surface area contributed by atoms with Gasteiger partial charge in [0.1, 0.15) is 5.52 Å². The number of carbonyl (C=O) groups excluding carboxylic acids is 1. The van der Waals surface area contributed by atoms with Gasteiger partial charge in [0.15, 0.2) is 5.65 Å². The molecule has 9 nitrogen and oxygen atoms in total. The van der Waals surface area contributed by atoms with Crippen LogP contribution in [0.5, 0.6) is 0 Å². The van der Waals surface area contributed by atoms with Gasteiger partial charge in [-0.25, -0.2) is 9.78 Å². The second kappa shape index (κ2) is 9.78. The summed E-state index contributed by atoms with van der Waals surface area (Å²) in [6.07, 6.45) is 8.97. The monoisotopic (exact) mass is 501 g/mol. The predicted molar refractivity (Wildman–Crippen MR) is 143 cm³/mol. The number of H-pyrrole nitrogens is 1. The number of rotatable bonds is 9. The maximum Gasteiger partial charge on any atom is 0.327 e. The van der Waals surface area contributed by atoms with E-state index in [1.165, 1.54) is 30.9 Å². The van der Waals surface area contributed by atoms with Crippen molar-refractivity contribution in [2.75, 3.05) is 31.5 Å². The van der Waals surface area contributed by atoms with Crippen LogP contribution < -0.4 is 11.0 Å². The van der Waals surface area contributed by atoms with Gasteiger partial charge in [0.05, 0.1) is 12.2 Å². The normalized spacial score (nSPS) is 20.1. The van der Waals surface area contributed by atoms with Crippen LogP contribution in [0.4, 0.5) is 5.95 Å². The van der Waals surface area contributed by atoms with Crippen LogP contribution in [0.25, 0.3) is 11.2 Å². The number of piperazine rings is 1. The molecular formula is C28H35N7O2. The molecule has 3 heterocycles. The third-order valence-corrected chi connectivity index (χ3v) is 8.03. The molecule has 194 valence electrons. The second-order valence-electron chi connectivity index (χ2n) is 10.8. The first kappa shape index (κ1) is 23.9. The summed E-state index contributed by atoms with van der Waals surface area (Å²) >= 11 is 0. The first-order valence-electron chi connectivity index (χ1n) is 13.5. The molecule has 1 aliphatic heterocycles. The first-order chi connectivity index (χ1) is 18.0. The van der Waals surface area contributed by atoms with Crippen molar-refractivity contribution >= 4 is 23.0 Å². The molecule has 2 N–H and O–H groups in total. The molecule has 37 heavy (non-hydrogen) atoms. The van der Waals surface area contributed by atoms with E-state index >= 15 is 0 Å². The van der Waals surface area contributed by atoms with E-state index in [9.17, 15) is 9.59 Å². The topological polar surface area (TPSA) is 99.2 Å². The number of nitrogens with one attached hydrogen (secondary N) is 2. The predicted octanol–water partition coefficient (Wildman–Crippen LogP) is 3.80. The quantitative estimate of drug-likeness (QED) is 0.433. The number of imidazole rings is 1. The van der Waals surface area contributed by atoms with Crippen molar-refractivity contribution in [3.8, 4) is 0 Å². The van der Waals surface area contributed by atoms with Crippen molar-refractivity contribution in [3.05, 3.63) is 64.7 Å². The summed E-state index contributed by atoms with van der Waals surface area (Å²) in [5.74, 6) is 1.36. The van der Waals surface area contributed by atoms with Crippen LogP contribution in [0.2, 0.25) is 0 Å². The number of anilines is 1. The molecule has 0 spiro atoms. The highest BCUT2D eigenvalue weighted by molar-refractivity contribution is 5.87. The van der Waals surface area contributed by atoms with Gasteiger partial charge < -0.3 is 15.2 Å². The van der Waals surface area contributed by atoms with Gasteiger partial charge in [-0.1, -0.05) is 43.7 Å². The molecule has 1 saturated heterocycles. The number of aromatic amines is 1. The third kappa shape index (κ3) is 5.05. The number of amides is 1. The lowest BCUT2D eigenvalue weighted by molar-refractivity contribution is -0.128. The van der Waals surface area contributed by atoms with Crippen LogP contribution in [-0.2, 0) is 4.79 Å². The Bertz CT molecular complexity index is 1350. The lowest BCUT2D eigenvalue weighted by Crippen LogP contribution is -2.49. The van der Waals surface area contributed by atoms with E-state index in [1.807, 2.05) is 4.90 Å². The molecule has 3 fully saturated rings. The van der Waals surface area contributed by atoms with Gasteiger partial charge in [-0.05, 0) is 49.3 Å². The molecule has 0 unspecified atom stereocenters. The number of hydrogen-bond acceptors (Lipinski definition) is 6. The van der Waals surface area contributed by atoms with Crippen molar-refractivity contribution in [1.82, 2.24) is 29.3 Å². The van der Waals surface area contributed by atoms with Crippen molar-refractivity contribution in [3.63, 3.8) is 0 Å². The largest absolute Gasteiger partial charge is 0.348 e. The highest BCUT2D eigenvalue weighted by atomic mass is 16.2. The smallest absolute Gasteiger partial charge is 0.327 e. The number of hydrogen-bond donors (Lipinski definition) is 2. The summed E-state index contributed by atoms with van der Waals surface area (Å²) in [5.41, 5.74) is 3.74. The molecule has 2 aliphatic carbocycles. The Balaban J connectivity index is 1.15. The number of carbonyl (C=O) groups is 1. The zero-order valence-electron chi connectivity index (χ0n) is 21.4. The average molecular weight is 502 g/mol. The highest BCUT2D eigenvalue weighted by Crippen LogP contribution is 2.40. The minimum absolute atomic E-state index is 0.0156. The number of fused-ring (bicyclic) bond motifs is 1. The standard InChI is InChI=1S/C28H35N7O2/c1-3-25(36)34-14-12-33(13-15-34)24(16-19-4-5-19)21-8-6-20(7-9-21)18(2)30-27-29-17-23-26(32-27)35(22-10-11-22)28(37)31-23/h3,6-9,17-19,22,24H,1,4-5,10-16H2,2H3,(H,31,37)(H,29,30,32)/t18-,24-/m0/s1. The van der Waals surface area contributed by atoms with E-state index in [4.69, 9.17) is 0 Å². The summed E-state index contributed by atoms with van der Waals surface area (Å²) in [4.78, 5) is 40.7. The molecular weight excluding hydrogens is 466 g/mol. The lowest BCUT2D eigenvalue weighted by Gasteiger charge is -2.39. The number of benzene rings is 1. The average Bonchev–Trinajstić information content (AvgIpc) is 3.86. The van der Waals surface area contributed by atoms with Gasteiger partial charge >= 0.3 is 5.69 Å². The van der Waals surface area contributed by atoms with Crippen molar-refractivity contribution in [2.24, 2.45) is 5.92 Å². The van der Waals surface area contributed by atoms with Crippen molar-refractivity contribution in [1.29, 1.82) is 0 Å². The molecule has 9 heteroatoms. The second-order valence-corrected chi connectivity index (χ2v) is 10.8. The third-order valence-electron chi connectivity index (χ3n) is 8.03. The van der Waals surface area contributed by atoms with Gasteiger partial charge in [0.2, 0.25) is 11.9 Å². The minimum Gasteiger partial charge on any atom is -0.348 e. The Morgan fingerprint density at radius 2 is 1.84 bits per heavy atom. The molecule has 0 radical (unpaired) electrons. The van der Waals surface area contributed by atoms with Crippen LogP contribution in [0.3, 0.4) is 0 Å². The van der Waals surface area contributed by atoms with E-state index in [0.29, 0.717) is 23.2 Å². The fourth-order valence-electron chi connectivity index (χ4n) is 5.49. The van der Waals surface area contributed by atoms with Crippen molar-refractivity contribution in [2.45, 2.75) is 57.2 Å². The summed E-state index contributed by atoms with van der Waals surface area (Å²) in [7, 11) is 0. The first-order valence-corrected chi connectivity index (χ1v) is 13.5. The van der Waals surface area contributed by atoms with Crippen LogP contribution >= 0.6 is 0 Å². The van der Waals surface area contributed by atoms with E-state index in [1.54, 1.807) is 10.8 Å². The Labute approximate surface area is 216 Å². The zero-order valence-corrected chi connectivity index (χ0v) is 21.4. The van der Waals surface area contributed by atoms with Gasteiger partial charge in [-0.2, -0.15) is 4.98 Å². The molecule has 0 bridgehead atoms. The van der Waals surface area contributed by atoms with Crippen LogP contribution in [-0.4, -0.2) is 61.4 Å². The molecule has 2 saturated carbocycles. The van der Waals surface area contributed by atoms with Gasteiger partial charge in [0, 0.05) is 38.3 Å². The lowest BCUT2D eigenvalue weighted by atomic mass is 9.96. The fourth-order valence-corrected chi connectivity index (χ4v) is 5.49. The van der Waals surface area contributed by atoms with Gasteiger partial charge in [-0.15, -0.1) is 0 Å². The van der Waals surface area contributed by atoms with Gasteiger partial charge in [-0.3, -0.25) is 14.3 Å². The molecule has 1 amide bonds. The molecule has 3 aromatic rings. The SMILES string of the molecule is C=CC(=O)N1CCN([C@@H](CC2CC2)c2ccc([C@H](C)Nc3ncc4[nH]c(=O)n(C5CC5)c4n3)cc2)CC1. The summed E-state index contributed by atoms with van der Waals surface area (Å²) in [6.45, 7) is 9.02. The number of aromatic nitrogens is 4. The Hall–Kier alpha value is -3.46. The zero-order chi connectivity index (χ0) is 25.5. The summed E-state index contributed by atoms with van der Waals surface area (Å²) in [6, 6.07) is 9.54. The highest BCUT2D eigenvalue weighted by Gasteiger charge is 2.32. The van der Waals surface area contributed by atoms with Crippen LogP contribution in [0, 0.1) is 5.92 Å². The maximum absolute atomic E-state index is 12.3. The Kier molecular flexibility index (Phi) is 6.32. The summed E-state index contributed by atoms with van der Waals surface area (Å²) < 4.78 is 1.76. The van der Waals surface area contributed by atoms with Crippen LogP contribution in [0.15, 0.2) is 47.9 Å². The molecule has 2 aromatic heterocycles. The maximum atomic E-state index is 12.3. The molecule has 2 atom stereocenters. The molecule has 1 aromatic carbocycles. The Morgan fingerprint density at radius 3 is 2.49 bits per heavy atom. The van der Waals surface area contributed by atoms with E-state index in [0.717, 1.165) is 50.5 Å². The van der Waals surface area contributed by atoms with Gasteiger partial charge in [0.25, 0.3) is 0 Å². The van der Waals surface area contributed by atoms with E-state index < -0.39 is 0 Å². The van der Waals surface area contributed by atoms with Crippen molar-refractivity contribution < 1.29 is 4.79 Å². The molecule has 3 aliphatic rings. The minimum atomic E-state index is -0.109. The Morgan fingerprint density at radius 1 is 1.14 bits per heavy atom. The molecule has 6 rings (SSSR count). The summed E-state index contributed by atoms with van der Waals surface area (Å²) in [5, 5.41) is 3.41. The van der Waals surface area contributed by atoms with E-state index in [2.05, 4.69) is 62.9 Å². The number of nitrogens with zero attached hydrogens (tertiary/aromatic N) is 5.